The molecular weight excluding hydrogens is 398 g/mol. The van der Waals surface area contributed by atoms with Gasteiger partial charge in [0.05, 0.1) is 22.7 Å². The minimum Gasteiger partial charge on any atom is -0.465 e. The molecule has 8 nitrogen and oxygen atoms in total. The first-order valence-corrected chi connectivity index (χ1v) is 9.46. The molecule has 3 aromatic rings. The van der Waals surface area contributed by atoms with Gasteiger partial charge in [-0.1, -0.05) is 0 Å². The number of hydrogen-bond donors (Lipinski definition) is 1. The van der Waals surface area contributed by atoms with Gasteiger partial charge in [0.1, 0.15) is 18.2 Å². The first-order valence-electron chi connectivity index (χ1n) is 7.98. The number of nitrogens with one attached hydrogen (secondary N) is 1. The van der Waals surface area contributed by atoms with Gasteiger partial charge in [-0.25, -0.2) is 22.0 Å². The minimum absolute atomic E-state index is 0.0863. The lowest BCUT2D eigenvalue weighted by atomic mass is 10.3. The van der Waals surface area contributed by atoms with Crippen LogP contribution < -0.4 is 10.5 Å². The molecular formula is C17H14F2N2O6S. The Labute approximate surface area is 157 Å². The summed E-state index contributed by atoms with van der Waals surface area (Å²) < 4.78 is 64.4. The molecule has 0 unspecified atom stereocenters. The highest BCUT2D eigenvalue weighted by Crippen LogP contribution is 2.23. The fraction of sp³-hybridized carbons (Fsp3) is 0.176. The number of esters is 1. The van der Waals surface area contributed by atoms with Crippen LogP contribution in [-0.2, 0) is 26.1 Å². The number of oxazole rings is 1. The van der Waals surface area contributed by atoms with Crippen LogP contribution in [0.25, 0.3) is 11.1 Å². The number of nitrogens with zero attached hydrogens (tertiary/aromatic N) is 1. The van der Waals surface area contributed by atoms with Gasteiger partial charge >= 0.3 is 11.7 Å². The third-order valence-electron chi connectivity index (χ3n) is 3.72. The zero-order valence-electron chi connectivity index (χ0n) is 14.4. The summed E-state index contributed by atoms with van der Waals surface area (Å²) in [5.41, 5.74) is -0.343. The van der Waals surface area contributed by atoms with E-state index in [4.69, 9.17) is 9.15 Å². The zero-order chi connectivity index (χ0) is 20.5. The van der Waals surface area contributed by atoms with Gasteiger partial charge in [0.25, 0.3) is 10.0 Å². The standard InChI is InChI=1S/C17H14F2N2O6S/c1-2-26-16(22)9-21-14-6-4-11(8-15(14)27-17(21)23)28(24,25)20-13-5-3-10(18)7-12(13)19/h3-8,20H,2,9H2,1H3. The first-order chi connectivity index (χ1) is 13.2. The highest BCUT2D eigenvalue weighted by atomic mass is 32.2. The van der Waals surface area contributed by atoms with Crippen LogP contribution in [0.2, 0.25) is 0 Å². The molecule has 0 saturated carbocycles. The predicted molar refractivity (Wildman–Crippen MR) is 94.3 cm³/mol. The maximum absolute atomic E-state index is 13.7. The summed E-state index contributed by atoms with van der Waals surface area (Å²) >= 11 is 0. The van der Waals surface area contributed by atoms with Gasteiger partial charge in [0.2, 0.25) is 0 Å². The van der Waals surface area contributed by atoms with E-state index in [0.717, 1.165) is 28.8 Å². The van der Waals surface area contributed by atoms with Gasteiger partial charge < -0.3 is 9.15 Å². The average Bonchev–Trinajstić information content (AvgIpc) is 2.92. The van der Waals surface area contributed by atoms with Gasteiger partial charge in [0, 0.05) is 12.1 Å². The molecule has 28 heavy (non-hydrogen) atoms. The molecule has 1 N–H and O–H groups in total. The number of rotatable bonds is 6. The third-order valence-corrected chi connectivity index (χ3v) is 5.08. The van der Waals surface area contributed by atoms with Crippen molar-refractivity contribution in [1.29, 1.82) is 0 Å². The van der Waals surface area contributed by atoms with Crippen LogP contribution in [0.1, 0.15) is 6.92 Å². The first kappa shape index (κ1) is 19.5. The Hall–Kier alpha value is -3.21. The highest BCUT2D eigenvalue weighted by Gasteiger charge is 2.20. The number of carbonyl (C=O) groups excluding carboxylic acids is 1. The molecule has 0 fully saturated rings. The van der Waals surface area contributed by atoms with Crippen molar-refractivity contribution in [3.63, 3.8) is 0 Å². The van der Waals surface area contributed by atoms with Crippen molar-refractivity contribution in [1.82, 2.24) is 4.57 Å². The van der Waals surface area contributed by atoms with E-state index >= 15 is 0 Å². The van der Waals surface area contributed by atoms with Gasteiger partial charge in [-0.15, -0.1) is 0 Å². The van der Waals surface area contributed by atoms with Crippen molar-refractivity contribution in [2.45, 2.75) is 18.4 Å². The van der Waals surface area contributed by atoms with Gasteiger partial charge in [-0.2, -0.15) is 0 Å². The van der Waals surface area contributed by atoms with Crippen LogP contribution in [0.3, 0.4) is 0 Å². The summed E-state index contributed by atoms with van der Waals surface area (Å²) in [5, 5.41) is 0. The fourth-order valence-electron chi connectivity index (χ4n) is 2.48. The summed E-state index contributed by atoms with van der Waals surface area (Å²) in [5.74, 6) is -3.46. The van der Waals surface area contributed by atoms with Crippen LogP contribution in [0, 0.1) is 11.6 Å². The molecule has 0 spiro atoms. The summed E-state index contributed by atoms with van der Waals surface area (Å²) in [6.45, 7) is 1.35. The smallest absolute Gasteiger partial charge is 0.420 e. The molecule has 0 aliphatic rings. The Kier molecular flexibility index (Phi) is 5.18. The maximum Gasteiger partial charge on any atom is 0.420 e. The number of fused-ring (bicyclic) bond motifs is 1. The van der Waals surface area contributed by atoms with Crippen molar-refractivity contribution in [3.8, 4) is 0 Å². The van der Waals surface area contributed by atoms with Gasteiger partial charge in [-0.05, 0) is 31.2 Å². The average molecular weight is 412 g/mol. The molecule has 0 atom stereocenters. The Morgan fingerprint density at radius 2 is 1.96 bits per heavy atom. The second kappa shape index (κ2) is 7.43. The highest BCUT2D eigenvalue weighted by molar-refractivity contribution is 7.92. The largest absolute Gasteiger partial charge is 0.465 e. The Morgan fingerprint density at radius 3 is 2.64 bits per heavy atom. The van der Waals surface area contributed by atoms with Crippen LogP contribution in [0.15, 0.2) is 50.5 Å². The number of anilines is 1. The molecule has 3 rings (SSSR count). The zero-order valence-corrected chi connectivity index (χ0v) is 15.3. The quantitative estimate of drug-likeness (QED) is 0.622. The molecule has 0 aliphatic carbocycles. The van der Waals surface area contributed by atoms with Crippen LogP contribution in [0.5, 0.6) is 0 Å². The molecule has 1 heterocycles. The number of ether oxygens (including phenoxy) is 1. The molecule has 0 radical (unpaired) electrons. The monoisotopic (exact) mass is 412 g/mol. The maximum atomic E-state index is 13.7. The normalized spacial score (nSPS) is 11.5. The Balaban J connectivity index is 1.95. The number of aromatic nitrogens is 1. The van der Waals surface area contributed by atoms with Crippen molar-refractivity contribution in [2.24, 2.45) is 0 Å². The topological polar surface area (TPSA) is 108 Å². The van der Waals surface area contributed by atoms with E-state index in [1.807, 2.05) is 4.72 Å². The van der Waals surface area contributed by atoms with Gasteiger partial charge in [0.15, 0.2) is 5.58 Å². The van der Waals surface area contributed by atoms with E-state index in [9.17, 15) is 26.8 Å². The van der Waals surface area contributed by atoms with Crippen molar-refractivity contribution < 1.29 is 31.1 Å². The van der Waals surface area contributed by atoms with Crippen LogP contribution >= 0.6 is 0 Å². The summed E-state index contributed by atoms with van der Waals surface area (Å²) in [7, 11) is -4.25. The van der Waals surface area contributed by atoms with E-state index in [1.54, 1.807) is 6.92 Å². The number of benzene rings is 2. The van der Waals surface area contributed by atoms with E-state index in [1.165, 1.54) is 6.07 Å². The van der Waals surface area contributed by atoms with Crippen molar-refractivity contribution >= 4 is 32.8 Å². The third kappa shape index (κ3) is 3.88. The Morgan fingerprint density at radius 1 is 1.21 bits per heavy atom. The summed E-state index contributed by atoms with van der Waals surface area (Å²) in [6.07, 6.45) is 0. The molecule has 11 heteroatoms. The van der Waals surface area contributed by atoms with E-state index in [-0.39, 0.29) is 22.6 Å². The van der Waals surface area contributed by atoms with Crippen LogP contribution in [0.4, 0.5) is 14.5 Å². The number of carbonyl (C=O) groups is 1. The molecule has 148 valence electrons. The van der Waals surface area contributed by atoms with Crippen molar-refractivity contribution in [3.05, 3.63) is 58.6 Å². The van der Waals surface area contributed by atoms with Gasteiger partial charge in [-0.3, -0.25) is 14.1 Å². The SMILES string of the molecule is CCOC(=O)Cn1c(=O)oc2cc(S(=O)(=O)Nc3ccc(F)cc3F)ccc21. The summed E-state index contributed by atoms with van der Waals surface area (Å²) in [4.78, 5) is 23.2. The van der Waals surface area contributed by atoms with Crippen molar-refractivity contribution in [2.75, 3.05) is 11.3 Å². The van der Waals surface area contributed by atoms with E-state index in [0.29, 0.717) is 6.07 Å². The number of sulfonamides is 1. The molecule has 0 aliphatic heterocycles. The van der Waals surface area contributed by atoms with E-state index in [2.05, 4.69) is 0 Å². The predicted octanol–water partition coefficient (Wildman–Crippen LogP) is 2.24. The second-order valence-electron chi connectivity index (χ2n) is 5.62. The number of halogens is 2. The molecule has 2 aromatic carbocycles. The minimum atomic E-state index is -4.25. The Bertz CT molecular complexity index is 1220. The second-order valence-corrected chi connectivity index (χ2v) is 7.30. The summed E-state index contributed by atoms with van der Waals surface area (Å²) in [6, 6.07) is 5.87. The fourth-order valence-corrected chi connectivity index (χ4v) is 3.56. The molecule has 0 amide bonds. The molecule has 1 aromatic heterocycles. The number of hydrogen-bond acceptors (Lipinski definition) is 6. The lowest BCUT2D eigenvalue weighted by molar-refractivity contribution is -0.143. The lowest BCUT2D eigenvalue weighted by Gasteiger charge is -2.09. The molecule has 0 saturated heterocycles. The van der Waals surface area contributed by atoms with Crippen LogP contribution in [-0.4, -0.2) is 25.6 Å². The van der Waals surface area contributed by atoms with E-state index < -0.39 is 45.6 Å². The molecule has 0 bridgehead atoms. The lowest BCUT2D eigenvalue weighted by Crippen LogP contribution is -2.21.